The first kappa shape index (κ1) is 18.4. The topological polar surface area (TPSA) is 38.3 Å². The van der Waals surface area contributed by atoms with Gasteiger partial charge >= 0.3 is 0 Å². The molecule has 3 nitrogen and oxygen atoms in total. The van der Waals surface area contributed by atoms with Crippen LogP contribution < -0.4 is 5.32 Å². The van der Waals surface area contributed by atoms with Crippen molar-refractivity contribution >= 4 is 17.2 Å². The lowest BCUT2D eigenvalue weighted by Gasteiger charge is -2.11. The van der Waals surface area contributed by atoms with Crippen molar-refractivity contribution in [1.29, 1.82) is 0 Å². The highest BCUT2D eigenvalue weighted by Crippen LogP contribution is 2.28. The molecular formula is C22H23NO2S. The Balaban J connectivity index is 1.72. The van der Waals surface area contributed by atoms with Crippen molar-refractivity contribution in [2.75, 3.05) is 6.61 Å². The predicted molar refractivity (Wildman–Crippen MR) is 107 cm³/mol. The number of carbonyl (C=O) groups is 1. The zero-order valence-electron chi connectivity index (χ0n) is 15.1. The maximum absolute atomic E-state index is 12.7. The van der Waals surface area contributed by atoms with E-state index in [0.29, 0.717) is 19.8 Å². The minimum Gasteiger partial charge on any atom is -0.377 e. The number of rotatable bonds is 7. The van der Waals surface area contributed by atoms with Crippen molar-refractivity contribution in [3.05, 3.63) is 81.5 Å². The summed E-state index contributed by atoms with van der Waals surface area (Å²) in [7, 11) is 0. The first-order valence-electron chi connectivity index (χ1n) is 8.76. The van der Waals surface area contributed by atoms with E-state index in [1.165, 1.54) is 16.9 Å². The number of ether oxygens (including phenoxy) is 1. The quantitative estimate of drug-likeness (QED) is 0.626. The molecule has 0 aliphatic carbocycles. The van der Waals surface area contributed by atoms with Crippen LogP contribution in [0.5, 0.6) is 0 Å². The van der Waals surface area contributed by atoms with E-state index >= 15 is 0 Å². The van der Waals surface area contributed by atoms with Gasteiger partial charge in [0.2, 0.25) is 0 Å². The van der Waals surface area contributed by atoms with Crippen LogP contribution in [0.3, 0.4) is 0 Å². The standard InChI is InChI=1S/C22H23NO2S/c1-3-25-15-19-7-5-4-6-18(19)14-23-22(24)21-20(12-13-26-21)17-10-8-16(2)9-11-17/h4-13H,3,14-15H2,1-2H3,(H,23,24). The van der Waals surface area contributed by atoms with Gasteiger partial charge in [0.05, 0.1) is 11.5 Å². The van der Waals surface area contributed by atoms with E-state index < -0.39 is 0 Å². The normalized spacial score (nSPS) is 10.7. The smallest absolute Gasteiger partial charge is 0.262 e. The number of amides is 1. The summed E-state index contributed by atoms with van der Waals surface area (Å²) >= 11 is 1.47. The number of nitrogens with one attached hydrogen (secondary N) is 1. The molecule has 0 saturated heterocycles. The van der Waals surface area contributed by atoms with Gasteiger partial charge in [0.1, 0.15) is 0 Å². The molecule has 4 heteroatoms. The van der Waals surface area contributed by atoms with Crippen molar-refractivity contribution < 1.29 is 9.53 Å². The van der Waals surface area contributed by atoms with E-state index in [0.717, 1.165) is 27.1 Å². The van der Waals surface area contributed by atoms with Crippen molar-refractivity contribution in [1.82, 2.24) is 5.32 Å². The van der Waals surface area contributed by atoms with Gasteiger partial charge in [-0.3, -0.25) is 4.79 Å². The van der Waals surface area contributed by atoms with Crippen LogP contribution in [0, 0.1) is 6.92 Å². The Labute approximate surface area is 158 Å². The second-order valence-corrected chi connectivity index (χ2v) is 7.03. The Hall–Kier alpha value is -2.43. The largest absolute Gasteiger partial charge is 0.377 e. The third-order valence-electron chi connectivity index (χ3n) is 4.25. The molecule has 2 aromatic carbocycles. The van der Waals surface area contributed by atoms with Crippen LogP contribution in [-0.4, -0.2) is 12.5 Å². The second kappa shape index (κ2) is 8.79. The highest BCUT2D eigenvalue weighted by atomic mass is 32.1. The average Bonchev–Trinajstić information content (AvgIpc) is 3.15. The zero-order valence-corrected chi connectivity index (χ0v) is 15.9. The lowest BCUT2D eigenvalue weighted by Crippen LogP contribution is -2.23. The summed E-state index contributed by atoms with van der Waals surface area (Å²) in [4.78, 5) is 13.5. The Kier molecular flexibility index (Phi) is 6.21. The maximum atomic E-state index is 12.7. The van der Waals surface area contributed by atoms with E-state index in [9.17, 15) is 4.79 Å². The molecular weight excluding hydrogens is 342 g/mol. The highest BCUT2D eigenvalue weighted by Gasteiger charge is 2.15. The second-order valence-electron chi connectivity index (χ2n) is 6.12. The molecule has 0 unspecified atom stereocenters. The van der Waals surface area contributed by atoms with Gasteiger partial charge in [-0.1, -0.05) is 54.1 Å². The van der Waals surface area contributed by atoms with Gasteiger partial charge in [-0.25, -0.2) is 0 Å². The van der Waals surface area contributed by atoms with E-state index in [4.69, 9.17) is 4.74 Å². The van der Waals surface area contributed by atoms with Crippen molar-refractivity contribution in [3.63, 3.8) is 0 Å². The highest BCUT2D eigenvalue weighted by molar-refractivity contribution is 7.12. The van der Waals surface area contributed by atoms with Crippen molar-refractivity contribution in [2.24, 2.45) is 0 Å². The van der Waals surface area contributed by atoms with Crippen LogP contribution in [0.1, 0.15) is 33.3 Å². The number of hydrogen-bond donors (Lipinski definition) is 1. The van der Waals surface area contributed by atoms with Gasteiger partial charge in [-0.2, -0.15) is 0 Å². The SMILES string of the molecule is CCOCc1ccccc1CNC(=O)c1sccc1-c1ccc(C)cc1. The molecule has 0 saturated carbocycles. The molecule has 134 valence electrons. The summed E-state index contributed by atoms with van der Waals surface area (Å²) in [6.45, 7) is 5.78. The Bertz CT molecular complexity index is 868. The minimum absolute atomic E-state index is 0.0400. The van der Waals surface area contributed by atoms with Gasteiger partial charge in [-0.15, -0.1) is 11.3 Å². The van der Waals surface area contributed by atoms with Crippen molar-refractivity contribution in [2.45, 2.75) is 27.0 Å². The summed E-state index contributed by atoms with van der Waals surface area (Å²) < 4.78 is 5.52. The predicted octanol–water partition coefficient (Wildman–Crippen LogP) is 5.19. The Morgan fingerprint density at radius 2 is 1.77 bits per heavy atom. The van der Waals surface area contributed by atoms with Crippen molar-refractivity contribution in [3.8, 4) is 11.1 Å². The van der Waals surface area contributed by atoms with Gasteiger partial charge in [0.15, 0.2) is 0 Å². The van der Waals surface area contributed by atoms with E-state index in [-0.39, 0.29) is 5.91 Å². The number of hydrogen-bond acceptors (Lipinski definition) is 3. The van der Waals surface area contributed by atoms with Gasteiger partial charge < -0.3 is 10.1 Å². The van der Waals surface area contributed by atoms with E-state index in [1.807, 2.05) is 42.6 Å². The van der Waals surface area contributed by atoms with Crippen LogP contribution in [0.2, 0.25) is 0 Å². The summed E-state index contributed by atoms with van der Waals surface area (Å²) in [6.07, 6.45) is 0. The third-order valence-corrected chi connectivity index (χ3v) is 5.17. The molecule has 1 heterocycles. The molecule has 1 aromatic heterocycles. The molecule has 0 atom stereocenters. The molecule has 3 aromatic rings. The van der Waals surface area contributed by atoms with E-state index in [2.05, 4.69) is 36.5 Å². The molecule has 1 amide bonds. The monoisotopic (exact) mass is 365 g/mol. The first-order chi connectivity index (χ1) is 12.7. The zero-order chi connectivity index (χ0) is 18.4. The molecule has 0 aliphatic rings. The molecule has 0 radical (unpaired) electrons. The summed E-state index contributed by atoms with van der Waals surface area (Å²) in [5.74, 6) is -0.0400. The van der Waals surface area contributed by atoms with Gasteiger partial charge in [0.25, 0.3) is 5.91 Å². The Morgan fingerprint density at radius 3 is 2.50 bits per heavy atom. The first-order valence-corrected chi connectivity index (χ1v) is 9.64. The van der Waals surface area contributed by atoms with Crippen LogP contribution in [0.15, 0.2) is 60.0 Å². The fourth-order valence-electron chi connectivity index (χ4n) is 2.78. The summed E-state index contributed by atoms with van der Waals surface area (Å²) in [5, 5.41) is 5.02. The lowest BCUT2D eigenvalue weighted by molar-refractivity contribution is 0.0954. The van der Waals surface area contributed by atoms with Crippen LogP contribution in [0.25, 0.3) is 11.1 Å². The molecule has 3 rings (SSSR count). The number of aryl methyl sites for hydroxylation is 1. The van der Waals surface area contributed by atoms with Crippen LogP contribution in [0.4, 0.5) is 0 Å². The number of benzene rings is 2. The minimum atomic E-state index is -0.0400. The number of thiophene rings is 1. The third kappa shape index (κ3) is 4.40. The Morgan fingerprint density at radius 1 is 1.04 bits per heavy atom. The summed E-state index contributed by atoms with van der Waals surface area (Å²) in [5.41, 5.74) is 5.46. The average molecular weight is 365 g/mol. The number of carbonyl (C=O) groups excluding carboxylic acids is 1. The lowest BCUT2D eigenvalue weighted by atomic mass is 10.0. The summed E-state index contributed by atoms with van der Waals surface area (Å²) in [6, 6.07) is 18.3. The molecule has 0 fully saturated rings. The molecule has 0 aliphatic heterocycles. The van der Waals surface area contributed by atoms with Gasteiger partial charge in [0, 0.05) is 18.7 Å². The van der Waals surface area contributed by atoms with E-state index in [1.54, 1.807) is 0 Å². The fourth-order valence-corrected chi connectivity index (χ4v) is 3.62. The van der Waals surface area contributed by atoms with Gasteiger partial charge in [-0.05, 0) is 42.0 Å². The van der Waals surface area contributed by atoms with Crippen LogP contribution >= 0.6 is 11.3 Å². The maximum Gasteiger partial charge on any atom is 0.262 e. The molecule has 26 heavy (non-hydrogen) atoms. The fraction of sp³-hybridized carbons (Fsp3) is 0.227. The molecule has 1 N–H and O–H groups in total. The molecule has 0 spiro atoms. The van der Waals surface area contributed by atoms with Crippen LogP contribution in [-0.2, 0) is 17.9 Å². The molecule has 0 bridgehead atoms.